The van der Waals surface area contributed by atoms with Gasteiger partial charge in [-0.3, -0.25) is 10.1 Å². The van der Waals surface area contributed by atoms with Gasteiger partial charge in [-0.1, -0.05) is 17.7 Å². The maximum Gasteiger partial charge on any atom is 0.428 e. The van der Waals surface area contributed by atoms with Crippen LogP contribution in [-0.2, 0) is 4.74 Å². The predicted molar refractivity (Wildman–Crippen MR) is 79.7 cm³/mol. The molecule has 0 spiro atoms. The highest BCUT2D eigenvalue weighted by Crippen LogP contribution is 2.25. The van der Waals surface area contributed by atoms with Crippen LogP contribution in [0.25, 0.3) is 0 Å². The summed E-state index contributed by atoms with van der Waals surface area (Å²) in [6.07, 6.45) is -0.703. The first-order chi connectivity index (χ1) is 9.60. The largest absolute Gasteiger partial charge is 0.443 e. The quantitative estimate of drug-likeness (QED) is 0.525. The fourth-order valence-electron chi connectivity index (χ4n) is 1.37. The van der Waals surface area contributed by atoms with Crippen LogP contribution in [0.2, 0.25) is 5.02 Å². The smallest absolute Gasteiger partial charge is 0.428 e. The number of carbonyl (C=O) groups excluding carboxylic acids is 1. The van der Waals surface area contributed by atoms with Crippen molar-refractivity contribution in [2.45, 2.75) is 33.3 Å². The summed E-state index contributed by atoms with van der Waals surface area (Å²) in [4.78, 5) is 21.7. The maximum absolute atomic E-state index is 11.5. The number of amides is 1. The third-order valence-corrected chi connectivity index (χ3v) is 2.59. The van der Waals surface area contributed by atoms with Crippen molar-refractivity contribution in [3.8, 4) is 0 Å². The summed E-state index contributed by atoms with van der Waals surface area (Å²) < 4.78 is 5.02. The van der Waals surface area contributed by atoms with Crippen molar-refractivity contribution in [3.63, 3.8) is 0 Å². The monoisotopic (exact) mass is 313 g/mol. The number of nitro benzene ring substituents is 1. The molecule has 1 aromatic rings. The Kier molecular flexibility index (Phi) is 5.26. The number of nitro groups is 1. The molecule has 0 aliphatic carbocycles. The average molecular weight is 314 g/mol. The van der Waals surface area contributed by atoms with E-state index < -0.39 is 16.6 Å². The molecule has 0 saturated carbocycles. The number of benzene rings is 1. The normalized spacial score (nSPS) is 12.0. The highest BCUT2D eigenvalue weighted by Gasteiger charge is 2.16. The van der Waals surface area contributed by atoms with E-state index in [0.717, 1.165) is 0 Å². The Hall–Kier alpha value is -2.15. The molecule has 1 aromatic carbocycles. The van der Waals surface area contributed by atoms with Crippen LogP contribution < -0.4 is 5.43 Å². The van der Waals surface area contributed by atoms with Crippen molar-refractivity contribution >= 4 is 29.1 Å². The molecule has 0 fully saturated rings. The first kappa shape index (κ1) is 16.9. The van der Waals surface area contributed by atoms with Gasteiger partial charge in [0.2, 0.25) is 0 Å². The maximum atomic E-state index is 11.5. The van der Waals surface area contributed by atoms with Crippen molar-refractivity contribution in [2.24, 2.45) is 5.10 Å². The molecule has 0 aromatic heterocycles. The third kappa shape index (κ3) is 5.39. The average Bonchev–Trinajstić information content (AvgIpc) is 2.34. The van der Waals surface area contributed by atoms with Crippen LogP contribution in [0.4, 0.5) is 10.5 Å². The molecule has 0 bridgehead atoms. The number of halogens is 1. The third-order valence-electron chi connectivity index (χ3n) is 2.27. The number of ether oxygens (including phenoxy) is 1. The fraction of sp³-hybridized carbons (Fsp3) is 0.385. The predicted octanol–water partition coefficient (Wildman–Crippen LogP) is 3.50. The van der Waals surface area contributed by atoms with Gasteiger partial charge in [-0.2, -0.15) is 5.10 Å². The van der Waals surface area contributed by atoms with Gasteiger partial charge in [0, 0.05) is 11.6 Å². The summed E-state index contributed by atoms with van der Waals surface area (Å²) in [6.45, 7) is 6.79. The Morgan fingerprint density at radius 1 is 1.43 bits per heavy atom. The molecule has 1 rings (SSSR count). The lowest BCUT2D eigenvalue weighted by Crippen LogP contribution is -2.30. The Bertz CT molecular complexity index is 594. The van der Waals surface area contributed by atoms with E-state index in [9.17, 15) is 14.9 Å². The van der Waals surface area contributed by atoms with Crippen molar-refractivity contribution in [1.82, 2.24) is 5.43 Å². The summed E-state index contributed by atoms with van der Waals surface area (Å²) in [6, 6.07) is 4.27. The van der Waals surface area contributed by atoms with Gasteiger partial charge >= 0.3 is 6.09 Å². The molecule has 114 valence electrons. The zero-order valence-corrected chi connectivity index (χ0v) is 12.9. The van der Waals surface area contributed by atoms with Crippen LogP contribution in [0.1, 0.15) is 33.3 Å². The number of nitrogens with one attached hydrogen (secondary N) is 1. The van der Waals surface area contributed by atoms with Crippen LogP contribution in [0, 0.1) is 10.1 Å². The lowest BCUT2D eigenvalue weighted by Gasteiger charge is -2.18. The van der Waals surface area contributed by atoms with Crippen molar-refractivity contribution in [1.29, 1.82) is 0 Å². The van der Waals surface area contributed by atoms with Crippen LogP contribution in [0.3, 0.4) is 0 Å². The number of nitrogens with zero attached hydrogens (tertiary/aromatic N) is 2. The fourth-order valence-corrected chi connectivity index (χ4v) is 1.56. The SMILES string of the molecule is C/C(=N/NC(=O)OC(C)(C)C)c1ccc(Cl)c([N+](=O)[O-])c1. The Morgan fingerprint density at radius 3 is 2.57 bits per heavy atom. The molecular weight excluding hydrogens is 298 g/mol. The van der Waals surface area contributed by atoms with E-state index in [1.54, 1.807) is 33.8 Å². The van der Waals surface area contributed by atoms with Gasteiger partial charge in [0.25, 0.3) is 5.69 Å². The van der Waals surface area contributed by atoms with Crippen LogP contribution in [0.5, 0.6) is 0 Å². The van der Waals surface area contributed by atoms with E-state index in [4.69, 9.17) is 16.3 Å². The molecule has 0 atom stereocenters. The standard InChI is InChI=1S/C13H16ClN3O4/c1-8(15-16-12(18)21-13(2,3)4)9-5-6-10(14)11(7-9)17(19)20/h5-7H,1-4H3,(H,16,18)/b15-8-. The Balaban J connectivity index is 2.86. The first-order valence-corrected chi connectivity index (χ1v) is 6.45. The summed E-state index contributed by atoms with van der Waals surface area (Å²) in [5.74, 6) is 0. The van der Waals surface area contributed by atoms with Crippen molar-refractivity contribution in [2.75, 3.05) is 0 Å². The van der Waals surface area contributed by atoms with E-state index in [2.05, 4.69) is 10.5 Å². The minimum Gasteiger partial charge on any atom is -0.443 e. The van der Waals surface area contributed by atoms with Crippen LogP contribution >= 0.6 is 11.6 Å². The highest BCUT2D eigenvalue weighted by atomic mass is 35.5. The van der Waals surface area contributed by atoms with E-state index in [1.807, 2.05) is 0 Å². The molecule has 21 heavy (non-hydrogen) atoms. The molecule has 7 nitrogen and oxygen atoms in total. The second-order valence-electron chi connectivity index (χ2n) is 5.23. The summed E-state index contributed by atoms with van der Waals surface area (Å²) >= 11 is 5.72. The second kappa shape index (κ2) is 6.53. The highest BCUT2D eigenvalue weighted by molar-refractivity contribution is 6.32. The minimum absolute atomic E-state index is 0.0386. The molecule has 0 aliphatic rings. The van der Waals surface area contributed by atoms with Gasteiger partial charge in [0.1, 0.15) is 10.6 Å². The molecule has 0 radical (unpaired) electrons. The number of hydrogen-bond acceptors (Lipinski definition) is 5. The van der Waals surface area contributed by atoms with Gasteiger partial charge in [-0.05, 0) is 33.8 Å². The summed E-state index contributed by atoms with van der Waals surface area (Å²) in [5.41, 5.74) is 2.23. The van der Waals surface area contributed by atoms with Crippen molar-refractivity contribution in [3.05, 3.63) is 38.9 Å². The number of hydrazone groups is 1. The summed E-state index contributed by atoms with van der Waals surface area (Å²) in [7, 11) is 0. The zero-order valence-electron chi connectivity index (χ0n) is 12.1. The Morgan fingerprint density at radius 2 is 2.05 bits per heavy atom. The van der Waals surface area contributed by atoms with Gasteiger partial charge in [0.15, 0.2) is 0 Å². The van der Waals surface area contributed by atoms with E-state index >= 15 is 0 Å². The number of carbonyl (C=O) groups is 1. The molecule has 0 unspecified atom stereocenters. The van der Waals surface area contributed by atoms with Crippen LogP contribution in [-0.4, -0.2) is 22.3 Å². The number of rotatable bonds is 3. The first-order valence-electron chi connectivity index (χ1n) is 6.08. The van der Waals surface area contributed by atoms with Gasteiger partial charge in [0.05, 0.1) is 10.6 Å². The second-order valence-corrected chi connectivity index (χ2v) is 5.64. The lowest BCUT2D eigenvalue weighted by molar-refractivity contribution is -0.384. The topological polar surface area (TPSA) is 93.8 Å². The molecule has 8 heteroatoms. The van der Waals surface area contributed by atoms with E-state index in [1.165, 1.54) is 12.1 Å². The van der Waals surface area contributed by atoms with Crippen molar-refractivity contribution < 1.29 is 14.5 Å². The van der Waals surface area contributed by atoms with E-state index in [0.29, 0.717) is 11.3 Å². The molecule has 1 amide bonds. The van der Waals surface area contributed by atoms with E-state index in [-0.39, 0.29) is 10.7 Å². The summed E-state index contributed by atoms with van der Waals surface area (Å²) in [5, 5.41) is 14.7. The molecule has 0 aliphatic heterocycles. The molecule has 0 heterocycles. The van der Waals surface area contributed by atoms with Gasteiger partial charge in [-0.25, -0.2) is 10.2 Å². The van der Waals surface area contributed by atoms with Gasteiger partial charge in [-0.15, -0.1) is 0 Å². The van der Waals surface area contributed by atoms with Gasteiger partial charge < -0.3 is 4.74 Å². The van der Waals surface area contributed by atoms with Crippen LogP contribution in [0.15, 0.2) is 23.3 Å². The molecule has 1 N–H and O–H groups in total. The Labute approximate surface area is 127 Å². The number of hydrogen-bond donors (Lipinski definition) is 1. The lowest BCUT2D eigenvalue weighted by atomic mass is 10.1. The molecular formula is C13H16ClN3O4. The zero-order chi connectivity index (χ0) is 16.2. The minimum atomic E-state index is -0.703. The molecule has 0 saturated heterocycles.